The van der Waals surface area contributed by atoms with E-state index in [0.29, 0.717) is 37.4 Å². The molecule has 0 fully saturated rings. The minimum absolute atomic E-state index is 0.0177. The first-order valence-electron chi connectivity index (χ1n) is 9.47. The summed E-state index contributed by atoms with van der Waals surface area (Å²) in [6, 6.07) is 13.0. The van der Waals surface area contributed by atoms with Crippen molar-refractivity contribution in [3.63, 3.8) is 0 Å². The van der Waals surface area contributed by atoms with E-state index in [-0.39, 0.29) is 17.7 Å². The molecule has 2 aromatic carbocycles. The summed E-state index contributed by atoms with van der Waals surface area (Å²) >= 11 is 0. The molecule has 0 radical (unpaired) electrons. The summed E-state index contributed by atoms with van der Waals surface area (Å²) in [5.74, 6) is 0.342. The van der Waals surface area contributed by atoms with Crippen molar-refractivity contribution in [2.75, 3.05) is 32.2 Å². The van der Waals surface area contributed by atoms with Crippen LogP contribution in [0.2, 0.25) is 0 Å². The molecule has 2 amide bonds. The molecule has 1 aliphatic rings. The van der Waals surface area contributed by atoms with Crippen LogP contribution < -0.4 is 15.4 Å². The van der Waals surface area contributed by atoms with E-state index in [0.717, 1.165) is 23.3 Å². The van der Waals surface area contributed by atoms with Crippen molar-refractivity contribution < 1.29 is 19.1 Å². The number of hydrogen-bond donors (Lipinski definition) is 2. The first-order valence-corrected chi connectivity index (χ1v) is 9.47. The Bertz CT molecular complexity index is 833. The van der Waals surface area contributed by atoms with Gasteiger partial charge in [0.2, 0.25) is 5.91 Å². The van der Waals surface area contributed by atoms with E-state index in [1.54, 1.807) is 19.2 Å². The Labute approximate surface area is 165 Å². The highest BCUT2D eigenvalue weighted by molar-refractivity contribution is 6.04. The van der Waals surface area contributed by atoms with Crippen LogP contribution in [-0.4, -0.2) is 38.7 Å². The summed E-state index contributed by atoms with van der Waals surface area (Å²) in [5, 5.41) is 5.83. The molecule has 1 heterocycles. The Morgan fingerprint density at radius 1 is 1.18 bits per heavy atom. The van der Waals surface area contributed by atoms with E-state index in [4.69, 9.17) is 9.47 Å². The fourth-order valence-electron chi connectivity index (χ4n) is 3.12. The predicted octanol–water partition coefficient (Wildman–Crippen LogP) is 2.95. The van der Waals surface area contributed by atoms with Crippen LogP contribution >= 0.6 is 0 Å². The van der Waals surface area contributed by atoms with Crippen LogP contribution in [0.15, 0.2) is 42.5 Å². The van der Waals surface area contributed by atoms with Crippen molar-refractivity contribution in [1.29, 1.82) is 0 Å². The van der Waals surface area contributed by atoms with Gasteiger partial charge in [-0.1, -0.05) is 17.7 Å². The molecule has 0 spiro atoms. The topological polar surface area (TPSA) is 76.7 Å². The lowest BCUT2D eigenvalue weighted by atomic mass is 9.95. The third-order valence-corrected chi connectivity index (χ3v) is 4.73. The molecule has 0 saturated heterocycles. The number of amides is 2. The fourth-order valence-corrected chi connectivity index (χ4v) is 3.12. The first kappa shape index (κ1) is 19.9. The number of rotatable bonds is 7. The van der Waals surface area contributed by atoms with Gasteiger partial charge in [-0.3, -0.25) is 9.59 Å². The molecule has 0 saturated carbocycles. The molecule has 2 N–H and O–H groups in total. The molecule has 1 atom stereocenters. The zero-order chi connectivity index (χ0) is 19.9. The van der Waals surface area contributed by atoms with Crippen molar-refractivity contribution in [2.24, 2.45) is 5.92 Å². The quantitative estimate of drug-likeness (QED) is 0.722. The van der Waals surface area contributed by atoms with Crippen LogP contribution in [0.5, 0.6) is 5.75 Å². The number of benzene rings is 2. The highest BCUT2D eigenvalue weighted by atomic mass is 16.5. The highest BCUT2D eigenvalue weighted by Gasteiger charge is 2.26. The van der Waals surface area contributed by atoms with Crippen molar-refractivity contribution in [2.45, 2.75) is 19.8 Å². The van der Waals surface area contributed by atoms with Gasteiger partial charge in [-0.15, -0.1) is 0 Å². The van der Waals surface area contributed by atoms with Crippen LogP contribution in [0.4, 0.5) is 5.69 Å². The molecule has 0 aliphatic carbocycles. The molecule has 2 aromatic rings. The maximum Gasteiger partial charge on any atom is 0.255 e. The largest absolute Gasteiger partial charge is 0.492 e. The lowest BCUT2D eigenvalue weighted by Gasteiger charge is -2.25. The summed E-state index contributed by atoms with van der Waals surface area (Å²) in [7, 11) is 1.64. The molecule has 148 valence electrons. The monoisotopic (exact) mass is 382 g/mol. The van der Waals surface area contributed by atoms with Crippen molar-refractivity contribution >= 4 is 17.5 Å². The van der Waals surface area contributed by atoms with Gasteiger partial charge in [0.1, 0.15) is 12.4 Å². The Hall–Kier alpha value is -2.86. The minimum atomic E-state index is -0.238. The van der Waals surface area contributed by atoms with E-state index in [1.165, 1.54) is 0 Å². The predicted molar refractivity (Wildman–Crippen MR) is 108 cm³/mol. The lowest BCUT2D eigenvalue weighted by molar-refractivity contribution is -0.126. The number of aryl methyl sites for hydroxylation is 1. The van der Waals surface area contributed by atoms with Crippen LogP contribution in [0.25, 0.3) is 0 Å². The average Bonchev–Trinajstić information content (AvgIpc) is 2.71. The molecule has 3 rings (SSSR count). The summed E-state index contributed by atoms with van der Waals surface area (Å²) in [4.78, 5) is 24.8. The lowest BCUT2D eigenvalue weighted by Crippen LogP contribution is -2.38. The van der Waals surface area contributed by atoms with Gasteiger partial charge in [0.15, 0.2) is 0 Å². The average molecular weight is 382 g/mol. The summed E-state index contributed by atoms with van der Waals surface area (Å²) in [6.45, 7) is 3.55. The minimum Gasteiger partial charge on any atom is -0.492 e. The van der Waals surface area contributed by atoms with E-state index >= 15 is 0 Å². The van der Waals surface area contributed by atoms with Crippen LogP contribution in [0, 0.1) is 12.8 Å². The maximum atomic E-state index is 12.4. The molecular formula is C22H26N2O4. The van der Waals surface area contributed by atoms with Gasteiger partial charge >= 0.3 is 0 Å². The van der Waals surface area contributed by atoms with Gasteiger partial charge in [0.05, 0.1) is 5.92 Å². The molecule has 6 heteroatoms. The standard InChI is InChI=1S/C22H26N2O4/c1-15-4-6-16(7-5-15)22(26)24-19-8-9-20-17(13-19)12-18(14-28-20)21(25)23-10-3-11-27-2/h4-9,13,18H,3,10-12,14H2,1-2H3,(H,23,25)(H,24,26)/t18-/m1/s1. The molecule has 28 heavy (non-hydrogen) atoms. The number of nitrogens with one attached hydrogen (secondary N) is 2. The van der Waals surface area contributed by atoms with Gasteiger partial charge in [-0.25, -0.2) is 0 Å². The maximum absolute atomic E-state index is 12.4. The molecule has 0 bridgehead atoms. The number of anilines is 1. The second-order valence-corrected chi connectivity index (χ2v) is 6.99. The van der Waals surface area contributed by atoms with E-state index in [9.17, 15) is 9.59 Å². The first-order chi connectivity index (χ1) is 13.6. The fraction of sp³-hybridized carbons (Fsp3) is 0.364. The Morgan fingerprint density at radius 2 is 1.96 bits per heavy atom. The normalized spacial score (nSPS) is 15.3. The van der Waals surface area contributed by atoms with Crippen LogP contribution in [-0.2, 0) is 16.0 Å². The van der Waals surface area contributed by atoms with E-state index in [2.05, 4.69) is 10.6 Å². The number of methoxy groups -OCH3 is 1. The van der Waals surface area contributed by atoms with Crippen molar-refractivity contribution in [1.82, 2.24) is 5.32 Å². The molecular weight excluding hydrogens is 356 g/mol. The van der Waals surface area contributed by atoms with Crippen molar-refractivity contribution in [3.05, 3.63) is 59.2 Å². The van der Waals surface area contributed by atoms with Gasteiger partial charge in [0, 0.05) is 31.5 Å². The Morgan fingerprint density at radius 3 is 2.71 bits per heavy atom. The number of carbonyl (C=O) groups excluding carboxylic acids is 2. The highest BCUT2D eigenvalue weighted by Crippen LogP contribution is 2.30. The van der Waals surface area contributed by atoms with Gasteiger partial charge in [-0.05, 0) is 55.7 Å². The third-order valence-electron chi connectivity index (χ3n) is 4.73. The molecule has 6 nitrogen and oxygen atoms in total. The molecule has 0 aromatic heterocycles. The van der Waals surface area contributed by atoms with E-state index < -0.39 is 0 Å². The van der Waals surface area contributed by atoms with Crippen molar-refractivity contribution in [3.8, 4) is 5.75 Å². The Balaban J connectivity index is 1.62. The van der Waals surface area contributed by atoms with Gasteiger partial charge in [0.25, 0.3) is 5.91 Å². The van der Waals surface area contributed by atoms with Gasteiger partial charge in [-0.2, -0.15) is 0 Å². The number of carbonyl (C=O) groups is 2. The summed E-state index contributed by atoms with van der Waals surface area (Å²) in [6.07, 6.45) is 1.36. The second kappa shape index (κ2) is 9.37. The zero-order valence-electron chi connectivity index (χ0n) is 16.3. The summed E-state index contributed by atoms with van der Waals surface area (Å²) < 4.78 is 10.7. The SMILES string of the molecule is COCCCNC(=O)[C@H]1COc2ccc(NC(=O)c3ccc(C)cc3)cc2C1. The number of ether oxygens (including phenoxy) is 2. The van der Waals surface area contributed by atoms with Crippen LogP contribution in [0.3, 0.4) is 0 Å². The van der Waals surface area contributed by atoms with Gasteiger partial charge < -0.3 is 20.1 Å². The van der Waals surface area contributed by atoms with Crippen LogP contribution in [0.1, 0.15) is 27.9 Å². The van der Waals surface area contributed by atoms with E-state index in [1.807, 2.05) is 37.3 Å². The number of hydrogen-bond acceptors (Lipinski definition) is 4. The summed E-state index contributed by atoms with van der Waals surface area (Å²) in [5.41, 5.74) is 3.32. The molecule has 0 unspecified atom stereocenters. The molecule has 1 aliphatic heterocycles. The zero-order valence-corrected chi connectivity index (χ0v) is 16.3. The third kappa shape index (κ3) is 5.10. The number of fused-ring (bicyclic) bond motifs is 1. The Kier molecular flexibility index (Phi) is 6.66. The smallest absolute Gasteiger partial charge is 0.255 e. The second-order valence-electron chi connectivity index (χ2n) is 6.99.